The Balaban J connectivity index is 1.58. The summed E-state index contributed by atoms with van der Waals surface area (Å²) in [5.41, 5.74) is 4.93. The topological polar surface area (TPSA) is 83.4 Å². The molecule has 10 heteroatoms. The summed E-state index contributed by atoms with van der Waals surface area (Å²) < 4.78 is 0.648. The van der Waals surface area contributed by atoms with Gasteiger partial charge >= 0.3 is 5.91 Å². The van der Waals surface area contributed by atoms with Crippen molar-refractivity contribution in [3.05, 3.63) is 110 Å². The van der Waals surface area contributed by atoms with E-state index in [0.29, 0.717) is 26.2 Å². The maximum absolute atomic E-state index is 13.5. The summed E-state index contributed by atoms with van der Waals surface area (Å²) in [5, 5.41) is 20.8. The van der Waals surface area contributed by atoms with E-state index in [9.17, 15) is 14.7 Å². The Morgan fingerprint density at radius 2 is 1.67 bits per heavy atom. The molecule has 0 spiro atoms. The van der Waals surface area contributed by atoms with Crippen molar-refractivity contribution >= 4 is 68.9 Å². The minimum absolute atomic E-state index is 0.0452. The van der Waals surface area contributed by atoms with E-state index in [-0.39, 0.29) is 21.5 Å². The Labute approximate surface area is 244 Å². The second-order valence-electron chi connectivity index (χ2n) is 9.29. The summed E-state index contributed by atoms with van der Waals surface area (Å²) >= 11 is 15.2. The minimum atomic E-state index is -0.970. The highest BCUT2D eigenvalue weighted by atomic mass is 35.5. The van der Waals surface area contributed by atoms with E-state index in [1.54, 1.807) is 24.3 Å². The summed E-state index contributed by atoms with van der Waals surface area (Å²) in [7, 11) is 0. The average Bonchev–Trinajstić information content (AvgIpc) is 3.48. The number of carbonyl (C=O) groups excluding carboxylic acids is 2. The van der Waals surface area contributed by atoms with Crippen LogP contribution in [-0.4, -0.2) is 27.0 Å². The third-order valence-electron chi connectivity index (χ3n) is 6.44. The number of aromatic nitrogens is 2. The number of amides is 1. The Morgan fingerprint density at radius 1 is 0.949 bits per heavy atom. The van der Waals surface area contributed by atoms with E-state index in [1.807, 2.05) is 45.0 Å². The van der Waals surface area contributed by atoms with E-state index < -0.39 is 17.7 Å². The number of thioether (sulfide) groups is 1. The summed E-state index contributed by atoms with van der Waals surface area (Å²) in [6, 6.07) is 17.7. The van der Waals surface area contributed by atoms with E-state index >= 15 is 0 Å². The quantitative estimate of drug-likeness (QED) is 0.0808. The molecule has 4 aromatic rings. The van der Waals surface area contributed by atoms with Crippen LogP contribution in [0.2, 0.25) is 10.0 Å². The van der Waals surface area contributed by atoms with E-state index in [1.165, 1.54) is 33.6 Å². The third kappa shape index (κ3) is 5.47. The molecule has 1 saturated heterocycles. The second-order valence-corrected chi connectivity index (χ2v) is 12.3. The summed E-state index contributed by atoms with van der Waals surface area (Å²) in [6.07, 6.45) is 0. The number of aliphatic hydroxyl groups is 1. The molecule has 2 heterocycles. The van der Waals surface area contributed by atoms with Crippen LogP contribution < -0.4 is 4.90 Å². The molecule has 1 fully saturated rings. The Kier molecular flexibility index (Phi) is 7.82. The number of aryl methyl sites for hydroxylation is 3. The normalized spacial score (nSPS) is 16.7. The van der Waals surface area contributed by atoms with Gasteiger partial charge in [0.15, 0.2) is 4.34 Å². The zero-order valence-corrected chi connectivity index (χ0v) is 24.4. The zero-order chi connectivity index (χ0) is 27.8. The fourth-order valence-corrected chi connectivity index (χ4v) is 6.48. The molecule has 1 aliphatic heterocycles. The van der Waals surface area contributed by atoms with Gasteiger partial charge in [0, 0.05) is 11.3 Å². The predicted octanol–water partition coefficient (Wildman–Crippen LogP) is 7.69. The number of aliphatic hydroxyl groups excluding tert-OH is 1. The van der Waals surface area contributed by atoms with Crippen molar-refractivity contribution in [2.24, 2.45) is 0 Å². The first-order valence-corrected chi connectivity index (χ1v) is 14.5. The average molecular weight is 597 g/mol. The molecule has 1 unspecified atom stereocenters. The maximum Gasteiger partial charge on any atom is 0.301 e. The van der Waals surface area contributed by atoms with Gasteiger partial charge in [0.25, 0.3) is 5.78 Å². The number of carbonyl (C=O) groups is 2. The number of rotatable bonds is 6. The molecule has 1 atom stereocenters. The lowest BCUT2D eigenvalue weighted by molar-refractivity contribution is -0.132. The SMILES string of the molecule is Cc1ccc(CSc2nnc(N3C(=O)C(=O)/C(=C(/O)c4cc(C)ccc4C)C3c3ccc(Cl)c(Cl)c3)s2)cc1. The molecule has 0 radical (unpaired) electrons. The number of hydrogen-bond acceptors (Lipinski definition) is 7. The maximum atomic E-state index is 13.5. The van der Waals surface area contributed by atoms with Crippen molar-refractivity contribution in [2.75, 3.05) is 4.90 Å². The highest BCUT2D eigenvalue weighted by Gasteiger charge is 2.48. The van der Waals surface area contributed by atoms with E-state index in [2.05, 4.69) is 22.3 Å². The monoisotopic (exact) mass is 595 g/mol. The highest BCUT2D eigenvalue weighted by Crippen LogP contribution is 2.45. The van der Waals surface area contributed by atoms with Gasteiger partial charge in [-0.1, -0.05) is 99.9 Å². The standard InChI is InChI=1S/C29H23Cl2N3O3S2/c1-15-5-8-18(9-6-15)14-38-29-33-32-28(39-29)34-24(19-10-11-21(30)22(31)13-19)23(26(36)27(34)37)25(35)20-12-16(2)4-7-17(20)3/h4-13,24,35H,14H2,1-3H3/b25-23+. The predicted molar refractivity (Wildman–Crippen MR) is 158 cm³/mol. The van der Waals surface area contributed by atoms with Gasteiger partial charge in [-0.15, -0.1) is 10.2 Å². The molecule has 3 aromatic carbocycles. The number of Topliss-reactive ketones (excluding diaryl/α,β-unsaturated/α-hetero) is 1. The molecule has 1 N–H and O–H groups in total. The molecule has 0 bridgehead atoms. The van der Waals surface area contributed by atoms with Gasteiger partial charge in [0.05, 0.1) is 21.7 Å². The number of benzene rings is 3. The molecule has 198 valence electrons. The number of hydrogen-bond donors (Lipinski definition) is 1. The number of ketones is 1. The van der Waals surface area contributed by atoms with Gasteiger partial charge < -0.3 is 5.11 Å². The molecule has 1 amide bonds. The van der Waals surface area contributed by atoms with Crippen molar-refractivity contribution in [1.29, 1.82) is 0 Å². The van der Waals surface area contributed by atoms with Crippen LogP contribution in [-0.2, 0) is 15.3 Å². The molecular weight excluding hydrogens is 573 g/mol. The van der Waals surface area contributed by atoms with E-state index in [4.69, 9.17) is 23.2 Å². The summed E-state index contributed by atoms with van der Waals surface area (Å²) in [5.74, 6) is -1.19. The van der Waals surface area contributed by atoms with Crippen LogP contribution in [0.5, 0.6) is 0 Å². The van der Waals surface area contributed by atoms with Gasteiger partial charge in [-0.05, 0) is 55.7 Å². The summed E-state index contributed by atoms with van der Waals surface area (Å²) in [4.78, 5) is 28.2. The molecule has 0 saturated carbocycles. The van der Waals surface area contributed by atoms with Gasteiger partial charge in [-0.25, -0.2) is 0 Å². The van der Waals surface area contributed by atoms with Crippen LogP contribution >= 0.6 is 46.3 Å². The first-order chi connectivity index (χ1) is 18.6. The Hall–Kier alpha value is -3.17. The fraction of sp³-hybridized carbons (Fsp3) is 0.172. The lowest BCUT2D eigenvalue weighted by Gasteiger charge is -2.23. The van der Waals surface area contributed by atoms with Crippen LogP contribution in [0.25, 0.3) is 5.76 Å². The zero-order valence-electron chi connectivity index (χ0n) is 21.2. The lowest BCUT2D eigenvalue weighted by Crippen LogP contribution is -2.29. The van der Waals surface area contributed by atoms with Crippen molar-refractivity contribution in [3.8, 4) is 0 Å². The van der Waals surface area contributed by atoms with Gasteiger partial charge in [-0.2, -0.15) is 0 Å². The number of nitrogens with zero attached hydrogens (tertiary/aromatic N) is 3. The smallest absolute Gasteiger partial charge is 0.301 e. The first-order valence-electron chi connectivity index (χ1n) is 12.0. The van der Waals surface area contributed by atoms with Crippen LogP contribution in [0.3, 0.4) is 0 Å². The van der Waals surface area contributed by atoms with Crippen molar-refractivity contribution in [1.82, 2.24) is 10.2 Å². The molecule has 1 aromatic heterocycles. The Bertz CT molecular complexity index is 1630. The number of anilines is 1. The van der Waals surface area contributed by atoms with Crippen LogP contribution in [0, 0.1) is 20.8 Å². The van der Waals surface area contributed by atoms with Crippen molar-refractivity contribution < 1.29 is 14.7 Å². The number of halogens is 2. The van der Waals surface area contributed by atoms with Gasteiger partial charge in [-0.3, -0.25) is 14.5 Å². The molecule has 5 rings (SSSR count). The van der Waals surface area contributed by atoms with E-state index in [0.717, 1.165) is 16.7 Å². The molecule has 6 nitrogen and oxygen atoms in total. The second kappa shape index (κ2) is 11.1. The molecule has 39 heavy (non-hydrogen) atoms. The van der Waals surface area contributed by atoms with Crippen LogP contribution in [0.4, 0.5) is 5.13 Å². The van der Waals surface area contributed by atoms with Crippen LogP contribution in [0.1, 0.15) is 39.4 Å². The lowest BCUT2D eigenvalue weighted by atomic mass is 9.93. The third-order valence-corrected chi connectivity index (χ3v) is 9.30. The van der Waals surface area contributed by atoms with Crippen molar-refractivity contribution in [3.63, 3.8) is 0 Å². The van der Waals surface area contributed by atoms with Gasteiger partial charge in [0.1, 0.15) is 5.76 Å². The summed E-state index contributed by atoms with van der Waals surface area (Å²) in [6.45, 7) is 5.76. The largest absolute Gasteiger partial charge is 0.507 e. The fourth-order valence-electron chi connectivity index (χ4n) is 4.35. The highest BCUT2D eigenvalue weighted by molar-refractivity contribution is 8.00. The molecular formula is C29H23Cl2N3O3S2. The first kappa shape index (κ1) is 27.4. The molecule has 0 aliphatic carbocycles. The minimum Gasteiger partial charge on any atom is -0.507 e. The Morgan fingerprint density at radius 3 is 2.38 bits per heavy atom. The van der Waals surface area contributed by atoms with Gasteiger partial charge in [0.2, 0.25) is 5.13 Å². The van der Waals surface area contributed by atoms with Crippen LogP contribution in [0.15, 0.2) is 70.6 Å². The molecule has 1 aliphatic rings. The van der Waals surface area contributed by atoms with Crippen molar-refractivity contribution in [2.45, 2.75) is 36.9 Å².